The van der Waals surface area contributed by atoms with Crippen LogP contribution in [0.2, 0.25) is 0 Å². The number of hydrogen-bond acceptors (Lipinski definition) is 3. The number of anilines is 1. The van der Waals surface area contributed by atoms with Crippen LogP contribution < -0.4 is 10.2 Å². The second kappa shape index (κ2) is 6.74. The van der Waals surface area contributed by atoms with Crippen LogP contribution in [-0.4, -0.2) is 24.1 Å². The summed E-state index contributed by atoms with van der Waals surface area (Å²) in [5, 5.41) is 3.34. The van der Waals surface area contributed by atoms with Gasteiger partial charge in [-0.25, -0.2) is 0 Å². The van der Waals surface area contributed by atoms with Crippen molar-refractivity contribution in [3.8, 4) is 0 Å². The Morgan fingerprint density at radius 3 is 2.89 bits per heavy atom. The molecule has 1 saturated carbocycles. The number of pyridine rings is 1. The Hall–Kier alpha value is -1.09. The molecule has 0 spiro atoms. The summed E-state index contributed by atoms with van der Waals surface area (Å²) in [6.45, 7) is 7.44. The molecule has 100 valence electrons. The minimum absolute atomic E-state index is 0.783. The third-order valence-electron chi connectivity index (χ3n) is 3.43. The van der Waals surface area contributed by atoms with E-state index in [1.165, 1.54) is 37.9 Å². The Kier molecular flexibility index (Phi) is 5.00. The standard InChI is InChI=1S/C15H25N3/c1-3-5-10-18(14-6-7-14)15-8-9-17-13(11-15)12-16-4-2/h8-9,11,14,16H,3-7,10,12H2,1-2H3. The number of nitrogens with one attached hydrogen (secondary N) is 1. The zero-order valence-electron chi connectivity index (χ0n) is 11.7. The van der Waals surface area contributed by atoms with Gasteiger partial charge < -0.3 is 10.2 Å². The zero-order chi connectivity index (χ0) is 12.8. The number of aromatic nitrogens is 1. The van der Waals surface area contributed by atoms with Gasteiger partial charge in [0, 0.05) is 31.0 Å². The zero-order valence-corrected chi connectivity index (χ0v) is 11.7. The fourth-order valence-corrected chi connectivity index (χ4v) is 2.23. The molecule has 2 rings (SSSR count). The summed E-state index contributed by atoms with van der Waals surface area (Å²) in [7, 11) is 0. The van der Waals surface area contributed by atoms with Crippen LogP contribution in [0.3, 0.4) is 0 Å². The van der Waals surface area contributed by atoms with Crippen LogP contribution in [0.1, 0.15) is 45.2 Å². The lowest BCUT2D eigenvalue weighted by atomic mass is 10.2. The lowest BCUT2D eigenvalue weighted by molar-refractivity contribution is 0.699. The van der Waals surface area contributed by atoms with Gasteiger partial charge in [0.15, 0.2) is 0 Å². The van der Waals surface area contributed by atoms with Crippen LogP contribution in [0.5, 0.6) is 0 Å². The summed E-state index contributed by atoms with van der Waals surface area (Å²) in [6, 6.07) is 5.19. The molecule has 1 N–H and O–H groups in total. The summed E-state index contributed by atoms with van der Waals surface area (Å²) in [5.41, 5.74) is 2.50. The molecule has 1 aromatic rings. The molecule has 1 heterocycles. The van der Waals surface area contributed by atoms with Crippen molar-refractivity contribution in [2.75, 3.05) is 18.0 Å². The SMILES string of the molecule is CCCCN(c1ccnc(CNCC)c1)C1CC1. The first-order chi connectivity index (χ1) is 8.85. The molecule has 3 nitrogen and oxygen atoms in total. The van der Waals surface area contributed by atoms with Crippen LogP contribution in [0.4, 0.5) is 5.69 Å². The number of rotatable bonds is 8. The molecular weight excluding hydrogens is 222 g/mol. The molecule has 1 aliphatic rings. The largest absolute Gasteiger partial charge is 0.368 e. The Balaban J connectivity index is 2.03. The van der Waals surface area contributed by atoms with Crippen LogP contribution in [0, 0.1) is 0 Å². The minimum atomic E-state index is 0.783. The van der Waals surface area contributed by atoms with Crippen molar-refractivity contribution in [3.63, 3.8) is 0 Å². The molecule has 1 aliphatic carbocycles. The fourth-order valence-electron chi connectivity index (χ4n) is 2.23. The molecule has 18 heavy (non-hydrogen) atoms. The summed E-state index contributed by atoms with van der Waals surface area (Å²) >= 11 is 0. The average molecular weight is 247 g/mol. The minimum Gasteiger partial charge on any atom is -0.368 e. The van der Waals surface area contributed by atoms with Gasteiger partial charge in [-0.15, -0.1) is 0 Å². The normalized spacial score (nSPS) is 14.8. The van der Waals surface area contributed by atoms with Gasteiger partial charge >= 0.3 is 0 Å². The van der Waals surface area contributed by atoms with Gasteiger partial charge in [-0.05, 0) is 37.9 Å². The first kappa shape index (κ1) is 13.3. The smallest absolute Gasteiger partial charge is 0.0562 e. The molecule has 0 aliphatic heterocycles. The molecule has 0 aromatic carbocycles. The van der Waals surface area contributed by atoms with Gasteiger partial charge in [0.25, 0.3) is 0 Å². The van der Waals surface area contributed by atoms with E-state index in [2.05, 4.69) is 41.2 Å². The number of hydrogen-bond donors (Lipinski definition) is 1. The Morgan fingerprint density at radius 2 is 2.22 bits per heavy atom. The van der Waals surface area contributed by atoms with Gasteiger partial charge in [-0.2, -0.15) is 0 Å². The van der Waals surface area contributed by atoms with E-state index in [4.69, 9.17) is 0 Å². The Labute approximate surface area is 111 Å². The van der Waals surface area contributed by atoms with E-state index in [0.29, 0.717) is 0 Å². The van der Waals surface area contributed by atoms with E-state index in [9.17, 15) is 0 Å². The molecule has 3 heteroatoms. The molecular formula is C15H25N3. The maximum atomic E-state index is 4.43. The van der Waals surface area contributed by atoms with Gasteiger partial charge in [0.1, 0.15) is 0 Å². The summed E-state index contributed by atoms with van der Waals surface area (Å²) in [4.78, 5) is 7.00. The topological polar surface area (TPSA) is 28.2 Å². The van der Waals surface area contributed by atoms with E-state index >= 15 is 0 Å². The highest BCUT2D eigenvalue weighted by atomic mass is 15.2. The van der Waals surface area contributed by atoms with Gasteiger partial charge in [0.2, 0.25) is 0 Å². The highest BCUT2D eigenvalue weighted by Crippen LogP contribution is 2.31. The number of nitrogens with zero attached hydrogens (tertiary/aromatic N) is 2. The highest BCUT2D eigenvalue weighted by Gasteiger charge is 2.28. The molecule has 0 unspecified atom stereocenters. The van der Waals surface area contributed by atoms with Gasteiger partial charge in [-0.1, -0.05) is 20.3 Å². The average Bonchev–Trinajstić information content (AvgIpc) is 3.22. The van der Waals surface area contributed by atoms with Crippen LogP contribution in [-0.2, 0) is 6.54 Å². The van der Waals surface area contributed by atoms with Gasteiger partial charge in [-0.3, -0.25) is 4.98 Å². The van der Waals surface area contributed by atoms with E-state index in [-0.39, 0.29) is 0 Å². The summed E-state index contributed by atoms with van der Waals surface area (Å²) in [6.07, 6.45) is 7.20. The lowest BCUT2D eigenvalue weighted by Crippen LogP contribution is -2.27. The quantitative estimate of drug-likeness (QED) is 0.765. The Morgan fingerprint density at radius 1 is 1.39 bits per heavy atom. The second-order valence-electron chi connectivity index (χ2n) is 5.06. The lowest BCUT2D eigenvalue weighted by Gasteiger charge is -2.25. The third-order valence-corrected chi connectivity index (χ3v) is 3.43. The van der Waals surface area contributed by atoms with Crippen molar-refractivity contribution in [2.24, 2.45) is 0 Å². The molecule has 0 saturated heterocycles. The molecule has 0 bridgehead atoms. The van der Waals surface area contributed by atoms with Crippen LogP contribution in [0.25, 0.3) is 0 Å². The predicted molar refractivity (Wildman–Crippen MR) is 76.9 cm³/mol. The van der Waals surface area contributed by atoms with E-state index in [0.717, 1.165) is 24.8 Å². The highest BCUT2D eigenvalue weighted by molar-refractivity contribution is 5.48. The first-order valence-corrected chi connectivity index (χ1v) is 7.27. The van der Waals surface area contributed by atoms with Crippen molar-refractivity contribution in [1.29, 1.82) is 0 Å². The molecule has 1 fully saturated rings. The first-order valence-electron chi connectivity index (χ1n) is 7.27. The summed E-state index contributed by atoms with van der Waals surface area (Å²) < 4.78 is 0. The molecule has 1 aromatic heterocycles. The van der Waals surface area contributed by atoms with Gasteiger partial charge in [0.05, 0.1) is 5.69 Å². The van der Waals surface area contributed by atoms with Crippen LogP contribution in [0.15, 0.2) is 18.3 Å². The Bertz CT molecular complexity index is 361. The maximum absolute atomic E-state index is 4.43. The maximum Gasteiger partial charge on any atom is 0.0562 e. The van der Waals surface area contributed by atoms with Crippen LogP contribution >= 0.6 is 0 Å². The summed E-state index contributed by atoms with van der Waals surface area (Å²) in [5.74, 6) is 0. The molecule has 0 atom stereocenters. The molecule has 0 amide bonds. The fraction of sp³-hybridized carbons (Fsp3) is 0.667. The monoisotopic (exact) mass is 247 g/mol. The third kappa shape index (κ3) is 3.70. The van der Waals surface area contributed by atoms with E-state index < -0.39 is 0 Å². The van der Waals surface area contributed by atoms with Crippen molar-refractivity contribution in [1.82, 2.24) is 10.3 Å². The van der Waals surface area contributed by atoms with Crippen molar-refractivity contribution in [3.05, 3.63) is 24.0 Å². The van der Waals surface area contributed by atoms with E-state index in [1.807, 2.05) is 6.20 Å². The van der Waals surface area contributed by atoms with Crippen molar-refractivity contribution in [2.45, 2.75) is 52.1 Å². The predicted octanol–water partition coefficient (Wildman–Crippen LogP) is 2.96. The second-order valence-corrected chi connectivity index (χ2v) is 5.06. The van der Waals surface area contributed by atoms with E-state index in [1.54, 1.807) is 0 Å². The van der Waals surface area contributed by atoms with Crippen molar-refractivity contribution < 1.29 is 0 Å². The number of unbranched alkanes of at least 4 members (excludes halogenated alkanes) is 1. The van der Waals surface area contributed by atoms with Crippen molar-refractivity contribution >= 4 is 5.69 Å². The molecule has 0 radical (unpaired) electrons.